The lowest BCUT2D eigenvalue weighted by Crippen LogP contribution is -2.32. The largest absolute Gasteiger partial charge is 0.384 e. The highest BCUT2D eigenvalue weighted by Gasteiger charge is 2.26. The first-order valence-electron chi connectivity index (χ1n) is 6.72. The maximum atomic E-state index is 12.2. The number of amides is 1. The molecule has 1 amide bonds. The number of nitrogens with zero attached hydrogens (tertiary/aromatic N) is 1. The van der Waals surface area contributed by atoms with Gasteiger partial charge in [0, 0.05) is 25.8 Å². The topological polar surface area (TPSA) is 49.8 Å². The van der Waals surface area contributed by atoms with Gasteiger partial charge in [-0.05, 0) is 24.1 Å². The van der Waals surface area contributed by atoms with E-state index in [4.69, 9.17) is 9.84 Å². The SMILES string of the molecule is CN(Cc1ccc(C#CCO)cc1)C(=O)C1CCOC1. The fourth-order valence-corrected chi connectivity index (χ4v) is 2.23. The number of ether oxygens (including phenoxy) is 1. The van der Waals surface area contributed by atoms with Crippen molar-refractivity contribution in [3.8, 4) is 11.8 Å². The van der Waals surface area contributed by atoms with Crippen LogP contribution in [0.1, 0.15) is 17.5 Å². The molecule has 0 spiro atoms. The number of rotatable bonds is 3. The van der Waals surface area contributed by atoms with Gasteiger partial charge in [-0.15, -0.1) is 0 Å². The summed E-state index contributed by atoms with van der Waals surface area (Å²) in [7, 11) is 1.82. The van der Waals surface area contributed by atoms with E-state index in [-0.39, 0.29) is 18.4 Å². The monoisotopic (exact) mass is 273 g/mol. The summed E-state index contributed by atoms with van der Waals surface area (Å²) in [6, 6.07) is 7.70. The van der Waals surface area contributed by atoms with Crippen LogP contribution in [0.4, 0.5) is 0 Å². The van der Waals surface area contributed by atoms with Crippen molar-refractivity contribution in [1.82, 2.24) is 4.90 Å². The van der Waals surface area contributed by atoms with Gasteiger partial charge in [-0.2, -0.15) is 0 Å². The Balaban J connectivity index is 1.93. The van der Waals surface area contributed by atoms with Crippen LogP contribution in [-0.2, 0) is 16.1 Å². The van der Waals surface area contributed by atoms with E-state index >= 15 is 0 Å². The van der Waals surface area contributed by atoms with Crippen molar-refractivity contribution in [2.24, 2.45) is 5.92 Å². The van der Waals surface area contributed by atoms with Crippen LogP contribution in [0.3, 0.4) is 0 Å². The van der Waals surface area contributed by atoms with Gasteiger partial charge in [-0.1, -0.05) is 24.0 Å². The van der Waals surface area contributed by atoms with Gasteiger partial charge in [0.2, 0.25) is 5.91 Å². The second-order valence-electron chi connectivity index (χ2n) is 4.91. The molecule has 1 aromatic carbocycles. The minimum Gasteiger partial charge on any atom is -0.384 e. The lowest BCUT2D eigenvalue weighted by molar-refractivity contribution is -0.134. The number of aliphatic hydroxyl groups is 1. The average Bonchev–Trinajstić information content (AvgIpc) is 3.00. The van der Waals surface area contributed by atoms with Crippen molar-refractivity contribution >= 4 is 5.91 Å². The van der Waals surface area contributed by atoms with Crippen LogP contribution in [0.25, 0.3) is 0 Å². The Bertz CT molecular complexity index is 507. The van der Waals surface area contributed by atoms with Crippen LogP contribution in [-0.4, -0.2) is 42.8 Å². The fraction of sp³-hybridized carbons (Fsp3) is 0.438. The Morgan fingerprint density at radius 1 is 1.45 bits per heavy atom. The smallest absolute Gasteiger partial charge is 0.228 e. The van der Waals surface area contributed by atoms with Crippen LogP contribution >= 0.6 is 0 Å². The third-order valence-corrected chi connectivity index (χ3v) is 3.34. The highest BCUT2D eigenvalue weighted by molar-refractivity contribution is 5.78. The van der Waals surface area contributed by atoms with Crippen molar-refractivity contribution in [3.63, 3.8) is 0 Å². The molecule has 106 valence electrons. The Morgan fingerprint density at radius 2 is 2.20 bits per heavy atom. The van der Waals surface area contributed by atoms with E-state index in [1.54, 1.807) is 4.90 Å². The molecule has 1 N–H and O–H groups in total. The quantitative estimate of drug-likeness (QED) is 0.837. The number of carbonyl (C=O) groups excluding carboxylic acids is 1. The first-order chi connectivity index (χ1) is 9.70. The molecule has 1 aromatic rings. The molecule has 1 aliphatic rings. The molecule has 0 bridgehead atoms. The summed E-state index contributed by atoms with van der Waals surface area (Å²) in [5.41, 5.74) is 1.93. The lowest BCUT2D eigenvalue weighted by atomic mass is 10.1. The summed E-state index contributed by atoms with van der Waals surface area (Å²) < 4.78 is 5.25. The molecule has 0 aliphatic carbocycles. The van der Waals surface area contributed by atoms with Crippen LogP contribution in [0, 0.1) is 17.8 Å². The van der Waals surface area contributed by atoms with Gasteiger partial charge in [0.1, 0.15) is 6.61 Å². The molecule has 1 aliphatic heterocycles. The van der Waals surface area contributed by atoms with E-state index in [2.05, 4.69) is 11.8 Å². The number of hydrogen-bond acceptors (Lipinski definition) is 3. The Hall–Kier alpha value is -1.83. The zero-order valence-electron chi connectivity index (χ0n) is 11.6. The molecule has 1 atom stereocenters. The van der Waals surface area contributed by atoms with Crippen LogP contribution in [0.15, 0.2) is 24.3 Å². The molecule has 20 heavy (non-hydrogen) atoms. The molecule has 1 fully saturated rings. The first kappa shape index (κ1) is 14.6. The predicted molar refractivity (Wildman–Crippen MR) is 75.8 cm³/mol. The van der Waals surface area contributed by atoms with Gasteiger partial charge in [-0.3, -0.25) is 4.79 Å². The minimum absolute atomic E-state index is 0.00898. The third kappa shape index (κ3) is 3.83. The standard InChI is InChI=1S/C16H19NO3/c1-17(16(19)15-8-10-20-12-15)11-14-6-4-13(5-7-14)3-2-9-18/h4-7,15,18H,8-12H2,1H3. The van der Waals surface area contributed by atoms with Gasteiger partial charge in [-0.25, -0.2) is 0 Å². The maximum absolute atomic E-state index is 12.2. The van der Waals surface area contributed by atoms with E-state index in [0.717, 1.165) is 17.5 Å². The number of hydrogen-bond donors (Lipinski definition) is 1. The Labute approximate surface area is 119 Å². The predicted octanol–water partition coefficient (Wildman–Crippen LogP) is 1.03. The zero-order valence-corrected chi connectivity index (χ0v) is 11.6. The fourth-order valence-electron chi connectivity index (χ4n) is 2.23. The van der Waals surface area contributed by atoms with Crippen molar-refractivity contribution in [2.75, 3.05) is 26.9 Å². The van der Waals surface area contributed by atoms with E-state index in [0.29, 0.717) is 19.8 Å². The molecule has 4 nitrogen and oxygen atoms in total. The zero-order chi connectivity index (χ0) is 14.4. The van der Waals surface area contributed by atoms with Crippen molar-refractivity contribution in [1.29, 1.82) is 0 Å². The highest BCUT2D eigenvalue weighted by Crippen LogP contribution is 2.16. The molecule has 1 unspecified atom stereocenters. The first-order valence-corrected chi connectivity index (χ1v) is 6.72. The van der Waals surface area contributed by atoms with Gasteiger partial charge in [0.25, 0.3) is 0 Å². The maximum Gasteiger partial charge on any atom is 0.228 e. The number of carbonyl (C=O) groups is 1. The second-order valence-corrected chi connectivity index (χ2v) is 4.91. The second kappa shape index (κ2) is 7.09. The molecular weight excluding hydrogens is 254 g/mol. The summed E-state index contributed by atoms with van der Waals surface area (Å²) >= 11 is 0. The molecule has 1 saturated heterocycles. The summed E-state index contributed by atoms with van der Waals surface area (Å²) in [6.07, 6.45) is 0.818. The molecular formula is C16H19NO3. The number of benzene rings is 1. The molecule has 0 saturated carbocycles. The molecule has 2 rings (SSSR count). The van der Waals surface area contributed by atoms with E-state index in [9.17, 15) is 4.79 Å². The van der Waals surface area contributed by atoms with Gasteiger partial charge >= 0.3 is 0 Å². The van der Waals surface area contributed by atoms with Crippen molar-refractivity contribution < 1.29 is 14.6 Å². The number of aliphatic hydroxyl groups excluding tert-OH is 1. The summed E-state index contributed by atoms with van der Waals surface area (Å²) in [5, 5.41) is 8.64. The minimum atomic E-state index is -0.136. The lowest BCUT2D eigenvalue weighted by Gasteiger charge is -2.20. The van der Waals surface area contributed by atoms with E-state index < -0.39 is 0 Å². The molecule has 1 heterocycles. The summed E-state index contributed by atoms with van der Waals surface area (Å²) in [5.74, 6) is 5.61. The van der Waals surface area contributed by atoms with Crippen molar-refractivity contribution in [3.05, 3.63) is 35.4 Å². The normalized spacial score (nSPS) is 17.4. The summed E-state index contributed by atoms with van der Waals surface area (Å²) in [6.45, 7) is 1.67. The Kier molecular flexibility index (Phi) is 5.16. The molecule has 0 radical (unpaired) electrons. The molecule has 4 heteroatoms. The third-order valence-electron chi connectivity index (χ3n) is 3.34. The average molecular weight is 273 g/mol. The van der Waals surface area contributed by atoms with Gasteiger partial charge in [0.05, 0.1) is 12.5 Å². The van der Waals surface area contributed by atoms with Gasteiger partial charge in [0.15, 0.2) is 0 Å². The van der Waals surface area contributed by atoms with Crippen LogP contribution in [0.2, 0.25) is 0 Å². The van der Waals surface area contributed by atoms with E-state index in [1.807, 2.05) is 31.3 Å². The van der Waals surface area contributed by atoms with Crippen molar-refractivity contribution in [2.45, 2.75) is 13.0 Å². The molecule has 0 aromatic heterocycles. The Morgan fingerprint density at radius 3 is 2.80 bits per heavy atom. The van der Waals surface area contributed by atoms with Gasteiger partial charge < -0.3 is 14.7 Å². The highest BCUT2D eigenvalue weighted by atomic mass is 16.5. The van der Waals surface area contributed by atoms with E-state index in [1.165, 1.54) is 0 Å². The van der Waals surface area contributed by atoms with Crippen LogP contribution < -0.4 is 0 Å². The summed E-state index contributed by atoms with van der Waals surface area (Å²) in [4.78, 5) is 13.9. The van der Waals surface area contributed by atoms with Crippen LogP contribution in [0.5, 0.6) is 0 Å².